The molecule has 0 saturated heterocycles. The van der Waals surface area contributed by atoms with E-state index < -0.39 is 23.7 Å². The quantitative estimate of drug-likeness (QED) is 0.688. The molecule has 9 nitrogen and oxygen atoms in total. The van der Waals surface area contributed by atoms with Gasteiger partial charge in [-0.2, -0.15) is 23.4 Å². The molecule has 0 spiro atoms. The smallest absolute Gasteiger partial charge is 0.354 e. The molecule has 0 aromatic carbocycles. The summed E-state index contributed by atoms with van der Waals surface area (Å²) in [7, 11) is 2.97. The molecule has 4 rings (SSSR count). The fraction of sp³-hybridized carbons (Fsp3) is 0.353. The van der Waals surface area contributed by atoms with Crippen LogP contribution in [-0.4, -0.2) is 43.2 Å². The molecule has 0 unspecified atom stereocenters. The molecule has 0 radical (unpaired) electrons. The van der Waals surface area contributed by atoms with Gasteiger partial charge in [0.1, 0.15) is 5.69 Å². The molecule has 1 aliphatic carbocycles. The first-order valence-electron chi connectivity index (χ1n) is 8.72. The van der Waals surface area contributed by atoms with Gasteiger partial charge >= 0.3 is 6.18 Å². The van der Waals surface area contributed by atoms with E-state index in [1.165, 1.54) is 24.0 Å². The minimum Gasteiger partial charge on any atom is -0.354 e. The van der Waals surface area contributed by atoms with Crippen molar-refractivity contribution < 1.29 is 22.8 Å². The second-order valence-corrected chi connectivity index (χ2v) is 6.74. The third-order valence-electron chi connectivity index (χ3n) is 4.48. The normalized spacial score (nSPS) is 14.2. The van der Waals surface area contributed by atoms with Crippen LogP contribution >= 0.6 is 0 Å². The largest absolute Gasteiger partial charge is 0.433 e. The van der Waals surface area contributed by atoms with E-state index in [-0.39, 0.29) is 28.6 Å². The average molecular weight is 407 g/mol. The molecule has 0 aliphatic heterocycles. The second-order valence-electron chi connectivity index (χ2n) is 6.74. The van der Waals surface area contributed by atoms with Gasteiger partial charge in [0.15, 0.2) is 17.0 Å². The molecule has 152 valence electrons. The van der Waals surface area contributed by atoms with E-state index in [1.54, 1.807) is 7.05 Å². The number of rotatable bonds is 4. The molecule has 3 aromatic heterocycles. The highest BCUT2D eigenvalue weighted by Gasteiger charge is 2.37. The Morgan fingerprint density at radius 1 is 1.17 bits per heavy atom. The van der Waals surface area contributed by atoms with Crippen molar-refractivity contribution in [3.05, 3.63) is 41.1 Å². The molecule has 2 N–H and O–H groups in total. The van der Waals surface area contributed by atoms with Crippen LogP contribution in [0.3, 0.4) is 0 Å². The summed E-state index contributed by atoms with van der Waals surface area (Å²) in [4.78, 5) is 28.7. The fourth-order valence-electron chi connectivity index (χ4n) is 2.95. The standard InChI is InChI=1S/C17H16F3N7O2/c1-21-16(29)14-11(7-26(2)25-14)23-15(28)10-6-13-22-9(8-3-4-8)5-12(17(18,19)20)27(13)24-10/h5-8H,3-4H2,1-2H3,(H,21,29)(H,23,28). The minimum atomic E-state index is -4.65. The first-order chi connectivity index (χ1) is 13.7. The lowest BCUT2D eigenvalue weighted by molar-refractivity contribution is -0.142. The first kappa shape index (κ1) is 18.9. The van der Waals surface area contributed by atoms with Crippen LogP contribution in [0.25, 0.3) is 5.65 Å². The van der Waals surface area contributed by atoms with E-state index in [0.29, 0.717) is 10.2 Å². The summed E-state index contributed by atoms with van der Waals surface area (Å²) in [6.45, 7) is 0. The Hall–Kier alpha value is -3.44. The Morgan fingerprint density at radius 3 is 2.52 bits per heavy atom. The second kappa shape index (κ2) is 6.57. The molecule has 1 fully saturated rings. The van der Waals surface area contributed by atoms with Crippen molar-refractivity contribution in [3.8, 4) is 0 Å². The van der Waals surface area contributed by atoms with Gasteiger partial charge in [-0.15, -0.1) is 0 Å². The van der Waals surface area contributed by atoms with Crippen molar-refractivity contribution in [2.24, 2.45) is 7.05 Å². The molecule has 1 saturated carbocycles. The molecule has 3 heterocycles. The molecule has 12 heteroatoms. The highest BCUT2D eigenvalue weighted by atomic mass is 19.4. The Kier molecular flexibility index (Phi) is 4.28. The zero-order valence-electron chi connectivity index (χ0n) is 15.4. The number of carbonyl (C=O) groups excluding carboxylic acids is 2. The van der Waals surface area contributed by atoms with Gasteiger partial charge in [0.05, 0.1) is 5.69 Å². The Bertz CT molecular complexity index is 1130. The molecule has 1 aliphatic rings. The summed E-state index contributed by atoms with van der Waals surface area (Å²) in [6.07, 6.45) is -1.68. The van der Waals surface area contributed by atoms with Crippen molar-refractivity contribution in [2.75, 3.05) is 12.4 Å². The molecule has 0 atom stereocenters. The predicted octanol–water partition coefficient (Wildman–Crippen LogP) is 1.97. The van der Waals surface area contributed by atoms with E-state index >= 15 is 0 Å². The van der Waals surface area contributed by atoms with Crippen molar-refractivity contribution >= 4 is 23.1 Å². The van der Waals surface area contributed by atoms with Crippen molar-refractivity contribution in [1.82, 2.24) is 29.7 Å². The number of aromatic nitrogens is 5. The maximum absolute atomic E-state index is 13.5. The number of fused-ring (bicyclic) bond motifs is 1. The Morgan fingerprint density at radius 2 is 1.90 bits per heavy atom. The van der Waals surface area contributed by atoms with Crippen LogP contribution in [0.5, 0.6) is 0 Å². The van der Waals surface area contributed by atoms with Gasteiger partial charge in [0.25, 0.3) is 11.8 Å². The molecular formula is C17H16F3N7O2. The molecule has 2 amide bonds. The van der Waals surface area contributed by atoms with Crippen LogP contribution in [0.15, 0.2) is 18.3 Å². The predicted molar refractivity (Wildman–Crippen MR) is 94.5 cm³/mol. The van der Waals surface area contributed by atoms with Crippen LogP contribution in [-0.2, 0) is 13.2 Å². The summed E-state index contributed by atoms with van der Waals surface area (Å²) < 4.78 is 42.4. The fourth-order valence-corrected chi connectivity index (χ4v) is 2.95. The molecule has 29 heavy (non-hydrogen) atoms. The van der Waals surface area contributed by atoms with Crippen LogP contribution < -0.4 is 10.6 Å². The third kappa shape index (κ3) is 3.52. The van der Waals surface area contributed by atoms with E-state index in [1.807, 2.05) is 0 Å². The number of anilines is 1. The van der Waals surface area contributed by atoms with Crippen molar-refractivity contribution in [3.63, 3.8) is 0 Å². The Balaban J connectivity index is 1.71. The van der Waals surface area contributed by atoms with Crippen LogP contribution in [0.4, 0.5) is 18.9 Å². The summed E-state index contributed by atoms with van der Waals surface area (Å²) >= 11 is 0. The van der Waals surface area contributed by atoms with E-state index in [2.05, 4.69) is 25.8 Å². The van der Waals surface area contributed by atoms with Gasteiger partial charge in [-0.1, -0.05) is 0 Å². The van der Waals surface area contributed by atoms with E-state index in [4.69, 9.17) is 0 Å². The summed E-state index contributed by atoms with van der Waals surface area (Å²) in [5, 5.41) is 12.6. The van der Waals surface area contributed by atoms with Crippen LogP contribution in [0.2, 0.25) is 0 Å². The zero-order chi connectivity index (χ0) is 20.9. The first-order valence-corrected chi connectivity index (χ1v) is 8.72. The van der Waals surface area contributed by atoms with E-state index in [9.17, 15) is 22.8 Å². The number of hydrogen-bond acceptors (Lipinski definition) is 5. The number of amides is 2. The lowest BCUT2D eigenvalue weighted by atomic mass is 10.2. The zero-order valence-corrected chi connectivity index (χ0v) is 15.4. The average Bonchev–Trinajstić information content (AvgIpc) is 3.31. The number of carbonyl (C=O) groups is 2. The van der Waals surface area contributed by atoms with Gasteiger partial charge in [-0.25, -0.2) is 9.50 Å². The maximum Gasteiger partial charge on any atom is 0.433 e. The van der Waals surface area contributed by atoms with Crippen LogP contribution in [0, 0.1) is 0 Å². The Labute approximate surface area is 161 Å². The number of alkyl halides is 3. The van der Waals surface area contributed by atoms with Gasteiger partial charge in [-0.3, -0.25) is 14.3 Å². The number of aryl methyl sites for hydroxylation is 1. The van der Waals surface area contributed by atoms with Gasteiger partial charge < -0.3 is 10.6 Å². The summed E-state index contributed by atoms with van der Waals surface area (Å²) in [6, 6.07) is 2.16. The number of nitrogens with one attached hydrogen (secondary N) is 2. The van der Waals surface area contributed by atoms with Gasteiger partial charge in [0.2, 0.25) is 0 Å². The van der Waals surface area contributed by atoms with E-state index in [0.717, 1.165) is 18.9 Å². The topological polar surface area (TPSA) is 106 Å². The number of halogens is 3. The third-order valence-corrected chi connectivity index (χ3v) is 4.48. The lowest BCUT2D eigenvalue weighted by Gasteiger charge is -2.10. The van der Waals surface area contributed by atoms with Crippen molar-refractivity contribution in [1.29, 1.82) is 0 Å². The summed E-state index contributed by atoms with van der Waals surface area (Å²) in [5.41, 5.74) is -0.900. The molecular weight excluding hydrogens is 391 g/mol. The highest BCUT2D eigenvalue weighted by Crippen LogP contribution is 2.41. The van der Waals surface area contributed by atoms with Crippen molar-refractivity contribution in [2.45, 2.75) is 24.9 Å². The monoisotopic (exact) mass is 407 g/mol. The lowest BCUT2D eigenvalue weighted by Crippen LogP contribution is -2.21. The SMILES string of the molecule is CNC(=O)c1nn(C)cc1NC(=O)c1cc2nc(C3CC3)cc(C(F)(F)F)n2n1. The maximum atomic E-state index is 13.5. The number of nitrogens with zero attached hydrogens (tertiary/aromatic N) is 5. The molecule has 3 aromatic rings. The van der Waals surface area contributed by atoms with Gasteiger partial charge in [-0.05, 0) is 18.9 Å². The minimum absolute atomic E-state index is 0.00113. The molecule has 0 bridgehead atoms. The van der Waals surface area contributed by atoms with Gasteiger partial charge in [0, 0.05) is 38.0 Å². The summed E-state index contributed by atoms with van der Waals surface area (Å²) in [5.74, 6) is -1.31. The number of hydrogen-bond donors (Lipinski definition) is 2. The highest BCUT2D eigenvalue weighted by molar-refractivity contribution is 6.07. The van der Waals surface area contributed by atoms with Crippen LogP contribution in [0.1, 0.15) is 51.1 Å².